The molecule has 0 saturated carbocycles. The van der Waals surface area contributed by atoms with E-state index in [1.165, 1.54) is 5.56 Å². The van der Waals surface area contributed by atoms with Gasteiger partial charge in [-0.15, -0.1) is 21.5 Å². The van der Waals surface area contributed by atoms with Crippen molar-refractivity contribution < 1.29 is 4.42 Å². The van der Waals surface area contributed by atoms with Crippen LogP contribution in [0.3, 0.4) is 0 Å². The zero-order valence-electron chi connectivity index (χ0n) is 17.0. The van der Waals surface area contributed by atoms with E-state index in [0.29, 0.717) is 6.54 Å². The lowest BCUT2D eigenvalue weighted by Gasteiger charge is -2.19. The topological polar surface area (TPSA) is 56.7 Å². The Balaban J connectivity index is 1.64. The highest BCUT2D eigenvalue weighted by Crippen LogP contribution is 2.29. The minimum absolute atomic E-state index is 0.118. The fourth-order valence-electron chi connectivity index (χ4n) is 3.04. The summed E-state index contributed by atoms with van der Waals surface area (Å²) in [5, 5.41) is 13.0. The summed E-state index contributed by atoms with van der Waals surface area (Å²) in [5.74, 6) is 2.49. The van der Waals surface area contributed by atoms with Crippen LogP contribution in [0.25, 0.3) is 11.4 Å². The molecule has 150 valence electrons. The van der Waals surface area contributed by atoms with Crippen LogP contribution < -0.4 is 0 Å². The Morgan fingerprint density at radius 2 is 1.90 bits per heavy atom. The highest BCUT2D eigenvalue weighted by Gasteiger charge is 2.18. The number of nitrogens with zero attached hydrogens (tertiary/aromatic N) is 4. The molecule has 5 nitrogen and oxygen atoms in total. The summed E-state index contributed by atoms with van der Waals surface area (Å²) >= 11 is 3.32. The number of furan rings is 1. The molecule has 0 spiro atoms. The quantitative estimate of drug-likeness (QED) is 0.358. The summed E-state index contributed by atoms with van der Waals surface area (Å²) in [7, 11) is 0. The molecule has 3 aromatic heterocycles. The summed E-state index contributed by atoms with van der Waals surface area (Å²) in [4.78, 5) is 4.55. The van der Waals surface area contributed by atoms with E-state index in [9.17, 15) is 0 Å². The molecule has 0 fully saturated rings. The third-order valence-corrected chi connectivity index (χ3v) is 6.46. The molecule has 0 aliphatic heterocycles. The Morgan fingerprint density at radius 1 is 1.10 bits per heavy atom. The van der Waals surface area contributed by atoms with Crippen LogP contribution in [0.15, 0.2) is 57.6 Å². The molecule has 0 atom stereocenters. The van der Waals surface area contributed by atoms with Crippen molar-refractivity contribution in [2.75, 3.05) is 0 Å². The maximum Gasteiger partial charge on any atom is 0.192 e. The molecule has 0 aliphatic carbocycles. The third kappa shape index (κ3) is 4.62. The van der Waals surface area contributed by atoms with Gasteiger partial charge in [-0.25, -0.2) is 4.98 Å². The van der Waals surface area contributed by atoms with Gasteiger partial charge in [-0.3, -0.25) is 4.57 Å². The van der Waals surface area contributed by atoms with Gasteiger partial charge in [0.1, 0.15) is 5.76 Å². The largest absolute Gasteiger partial charge is 0.467 e. The van der Waals surface area contributed by atoms with E-state index in [0.717, 1.165) is 38.8 Å². The second kappa shape index (κ2) is 8.16. The first kappa shape index (κ1) is 19.9. The molecule has 4 rings (SSSR count). The number of thioether (sulfide) groups is 1. The maximum atomic E-state index is 5.59. The van der Waals surface area contributed by atoms with Gasteiger partial charge in [-0.2, -0.15) is 0 Å². The third-order valence-electron chi connectivity index (χ3n) is 4.64. The van der Waals surface area contributed by atoms with E-state index < -0.39 is 0 Å². The van der Waals surface area contributed by atoms with Gasteiger partial charge in [0.25, 0.3) is 0 Å². The molecule has 0 N–H and O–H groups in total. The molecular formula is C22H24N4OS2. The second-order valence-corrected chi connectivity index (χ2v) is 9.95. The summed E-state index contributed by atoms with van der Waals surface area (Å²) in [5.41, 5.74) is 3.54. The lowest BCUT2D eigenvalue weighted by Crippen LogP contribution is -2.10. The molecule has 7 heteroatoms. The predicted octanol–water partition coefficient (Wildman–Crippen LogP) is 5.94. The molecule has 0 radical (unpaired) electrons. The maximum absolute atomic E-state index is 5.59. The van der Waals surface area contributed by atoms with Crippen LogP contribution in [0, 0.1) is 6.92 Å². The highest BCUT2D eigenvalue weighted by atomic mass is 32.2. The van der Waals surface area contributed by atoms with Gasteiger partial charge in [0.15, 0.2) is 11.0 Å². The van der Waals surface area contributed by atoms with E-state index in [1.54, 1.807) is 29.4 Å². The monoisotopic (exact) mass is 424 g/mol. The van der Waals surface area contributed by atoms with Gasteiger partial charge in [0.05, 0.1) is 23.5 Å². The van der Waals surface area contributed by atoms with Gasteiger partial charge in [0, 0.05) is 16.7 Å². The first-order chi connectivity index (χ1) is 13.9. The van der Waals surface area contributed by atoms with Crippen molar-refractivity contribution in [3.8, 4) is 11.4 Å². The van der Waals surface area contributed by atoms with Gasteiger partial charge in [0.2, 0.25) is 0 Å². The van der Waals surface area contributed by atoms with Crippen molar-refractivity contribution >= 4 is 23.1 Å². The number of aryl methyl sites for hydroxylation is 1. The van der Waals surface area contributed by atoms with E-state index in [2.05, 4.69) is 70.2 Å². The van der Waals surface area contributed by atoms with Crippen molar-refractivity contribution in [2.45, 2.75) is 50.6 Å². The highest BCUT2D eigenvalue weighted by molar-refractivity contribution is 7.98. The molecule has 1 aromatic carbocycles. The molecule has 0 bridgehead atoms. The van der Waals surface area contributed by atoms with Crippen LogP contribution in [0.5, 0.6) is 0 Å². The van der Waals surface area contributed by atoms with E-state index in [1.807, 2.05) is 19.1 Å². The van der Waals surface area contributed by atoms with Gasteiger partial charge >= 0.3 is 0 Å². The van der Waals surface area contributed by atoms with Gasteiger partial charge < -0.3 is 4.42 Å². The fraction of sp³-hybridized carbons (Fsp3) is 0.318. The SMILES string of the molecule is Cc1nc(CSc2nnc(-c3ccc(C(C)(C)C)cc3)n2Cc2ccco2)cs1. The number of benzene rings is 1. The van der Waals surface area contributed by atoms with Crippen LogP contribution in [0.1, 0.15) is 42.8 Å². The van der Waals surface area contributed by atoms with E-state index >= 15 is 0 Å². The Kier molecular flexibility index (Phi) is 5.61. The summed E-state index contributed by atoms with van der Waals surface area (Å²) in [6.07, 6.45) is 1.70. The van der Waals surface area contributed by atoms with E-state index in [4.69, 9.17) is 4.42 Å². The molecule has 3 heterocycles. The van der Waals surface area contributed by atoms with Crippen molar-refractivity contribution in [1.29, 1.82) is 0 Å². The van der Waals surface area contributed by atoms with Gasteiger partial charge in [-0.05, 0) is 30.0 Å². The molecule has 29 heavy (non-hydrogen) atoms. The Hall–Kier alpha value is -2.38. The molecular weight excluding hydrogens is 400 g/mol. The average molecular weight is 425 g/mol. The number of hydrogen-bond acceptors (Lipinski definition) is 6. The van der Waals surface area contributed by atoms with Crippen LogP contribution >= 0.6 is 23.1 Å². The lowest BCUT2D eigenvalue weighted by atomic mass is 9.87. The minimum Gasteiger partial charge on any atom is -0.467 e. The lowest BCUT2D eigenvalue weighted by molar-refractivity contribution is 0.485. The number of hydrogen-bond donors (Lipinski definition) is 0. The molecule has 0 aliphatic rings. The standard InChI is InChI=1S/C22H24N4OS2/c1-15-23-18(13-28-15)14-29-21-25-24-20(26(21)12-19-6-5-11-27-19)16-7-9-17(10-8-16)22(2,3)4/h5-11,13H,12,14H2,1-4H3. The Labute approximate surface area is 179 Å². The van der Waals surface area contributed by atoms with Crippen LogP contribution in [0.4, 0.5) is 0 Å². The summed E-state index contributed by atoms with van der Waals surface area (Å²) in [6.45, 7) is 9.27. The Bertz CT molecular complexity index is 1070. The molecule has 4 aromatic rings. The molecule has 0 unspecified atom stereocenters. The van der Waals surface area contributed by atoms with Crippen LogP contribution in [-0.4, -0.2) is 19.7 Å². The normalized spacial score (nSPS) is 11.9. The minimum atomic E-state index is 0.118. The average Bonchev–Trinajstić information content (AvgIpc) is 3.42. The van der Waals surface area contributed by atoms with Crippen molar-refractivity contribution in [1.82, 2.24) is 19.7 Å². The van der Waals surface area contributed by atoms with Crippen molar-refractivity contribution in [2.24, 2.45) is 0 Å². The van der Waals surface area contributed by atoms with Crippen LogP contribution in [-0.2, 0) is 17.7 Å². The van der Waals surface area contributed by atoms with Crippen molar-refractivity contribution in [3.05, 3.63) is 70.1 Å². The first-order valence-electron chi connectivity index (χ1n) is 9.50. The fourth-order valence-corrected chi connectivity index (χ4v) is 4.59. The zero-order valence-corrected chi connectivity index (χ0v) is 18.7. The van der Waals surface area contributed by atoms with E-state index in [-0.39, 0.29) is 5.41 Å². The second-order valence-electron chi connectivity index (χ2n) is 7.95. The zero-order chi connectivity index (χ0) is 20.4. The molecule has 0 saturated heterocycles. The summed E-state index contributed by atoms with van der Waals surface area (Å²) in [6, 6.07) is 12.5. The summed E-state index contributed by atoms with van der Waals surface area (Å²) < 4.78 is 7.71. The Morgan fingerprint density at radius 3 is 2.52 bits per heavy atom. The smallest absolute Gasteiger partial charge is 0.192 e. The van der Waals surface area contributed by atoms with Crippen molar-refractivity contribution in [3.63, 3.8) is 0 Å². The van der Waals surface area contributed by atoms with Crippen LogP contribution in [0.2, 0.25) is 0 Å². The first-order valence-corrected chi connectivity index (χ1v) is 11.4. The predicted molar refractivity (Wildman–Crippen MR) is 118 cm³/mol. The number of rotatable bonds is 6. The van der Waals surface area contributed by atoms with Gasteiger partial charge in [-0.1, -0.05) is 56.8 Å². The number of aromatic nitrogens is 4. The molecule has 0 amide bonds. The number of thiazole rings is 1.